The van der Waals surface area contributed by atoms with Crippen molar-refractivity contribution in [1.82, 2.24) is 10.2 Å². The van der Waals surface area contributed by atoms with E-state index in [9.17, 15) is 9.59 Å². The van der Waals surface area contributed by atoms with Crippen molar-refractivity contribution in [3.05, 3.63) is 0 Å². The fourth-order valence-corrected chi connectivity index (χ4v) is 1.92. The summed E-state index contributed by atoms with van der Waals surface area (Å²) in [6.45, 7) is 5.18. The molecule has 1 rings (SSSR count). The lowest BCUT2D eigenvalue weighted by Gasteiger charge is -2.20. The summed E-state index contributed by atoms with van der Waals surface area (Å²) in [5, 5.41) is 20.0. The van der Waals surface area contributed by atoms with Gasteiger partial charge in [-0.05, 0) is 11.8 Å². The highest BCUT2D eigenvalue weighted by Crippen LogP contribution is 2.21. The minimum atomic E-state index is -1.12. The first-order chi connectivity index (χ1) is 7.95. The Morgan fingerprint density at radius 3 is 2.29 bits per heavy atom. The van der Waals surface area contributed by atoms with Gasteiger partial charge in [-0.2, -0.15) is 0 Å². The monoisotopic (exact) mass is 244 g/mol. The van der Waals surface area contributed by atoms with Crippen molar-refractivity contribution in [2.75, 3.05) is 19.7 Å². The van der Waals surface area contributed by atoms with E-state index in [0.29, 0.717) is 24.9 Å². The lowest BCUT2D eigenvalue weighted by atomic mass is 10.0. The first-order valence-electron chi connectivity index (χ1n) is 5.84. The number of carbonyl (C=O) groups excluding carboxylic acids is 1. The summed E-state index contributed by atoms with van der Waals surface area (Å²) < 4.78 is 0. The van der Waals surface area contributed by atoms with Crippen LogP contribution in [0.5, 0.6) is 0 Å². The molecule has 98 valence electrons. The van der Waals surface area contributed by atoms with Crippen LogP contribution in [0.3, 0.4) is 0 Å². The second-order valence-electron chi connectivity index (χ2n) is 4.71. The summed E-state index contributed by atoms with van der Waals surface area (Å²) in [6, 6.07) is -1.37. The molecule has 0 saturated carbocycles. The molecule has 3 unspecified atom stereocenters. The molecule has 0 radical (unpaired) electrons. The highest BCUT2D eigenvalue weighted by molar-refractivity contribution is 5.82. The molecule has 1 saturated heterocycles. The van der Waals surface area contributed by atoms with Crippen LogP contribution in [-0.4, -0.2) is 52.9 Å². The van der Waals surface area contributed by atoms with Crippen molar-refractivity contribution in [1.29, 1.82) is 0 Å². The van der Waals surface area contributed by atoms with Gasteiger partial charge >= 0.3 is 12.0 Å². The van der Waals surface area contributed by atoms with Crippen LogP contribution in [0, 0.1) is 11.8 Å². The number of nitrogens with zero attached hydrogens (tertiary/aromatic N) is 1. The van der Waals surface area contributed by atoms with Crippen molar-refractivity contribution >= 4 is 12.0 Å². The Kier molecular flexibility index (Phi) is 4.74. The minimum absolute atomic E-state index is 0.0278. The zero-order chi connectivity index (χ0) is 13.0. The smallest absolute Gasteiger partial charge is 0.326 e. The molecule has 0 bridgehead atoms. The molecular formula is C11H20N2O4. The number of likely N-dealkylation sites (tertiary alicyclic amines) is 1. The van der Waals surface area contributed by atoms with Crippen LogP contribution in [0.15, 0.2) is 0 Å². The van der Waals surface area contributed by atoms with E-state index in [1.54, 1.807) is 4.90 Å². The zero-order valence-corrected chi connectivity index (χ0v) is 10.2. The first-order valence-corrected chi connectivity index (χ1v) is 5.84. The van der Waals surface area contributed by atoms with E-state index >= 15 is 0 Å². The standard InChI is InChI=1S/C11H20N2O4/c1-7-5-13(6-8(7)2)11(17)12-9(3-4-14)10(15)16/h7-9,14H,3-6H2,1-2H3,(H,12,17)(H,15,16). The SMILES string of the molecule is CC1CN(C(=O)NC(CCO)C(=O)O)CC1C. The molecule has 0 aromatic rings. The lowest BCUT2D eigenvalue weighted by Crippen LogP contribution is -2.47. The van der Waals surface area contributed by atoms with E-state index in [1.165, 1.54) is 0 Å². The molecule has 17 heavy (non-hydrogen) atoms. The Bertz CT molecular complexity index is 285. The Morgan fingerprint density at radius 1 is 1.35 bits per heavy atom. The predicted molar refractivity (Wildman–Crippen MR) is 61.6 cm³/mol. The van der Waals surface area contributed by atoms with Gasteiger partial charge in [0.1, 0.15) is 6.04 Å². The van der Waals surface area contributed by atoms with Crippen molar-refractivity contribution < 1.29 is 19.8 Å². The normalized spacial score (nSPS) is 25.7. The van der Waals surface area contributed by atoms with Crippen molar-refractivity contribution in [3.8, 4) is 0 Å². The molecular weight excluding hydrogens is 224 g/mol. The van der Waals surface area contributed by atoms with Gasteiger partial charge in [-0.1, -0.05) is 13.8 Å². The van der Waals surface area contributed by atoms with Crippen molar-refractivity contribution in [2.24, 2.45) is 11.8 Å². The molecule has 6 heteroatoms. The number of carboxylic acid groups (broad SMARTS) is 1. The van der Waals surface area contributed by atoms with E-state index in [4.69, 9.17) is 10.2 Å². The Hall–Kier alpha value is -1.30. The summed E-state index contributed by atoms with van der Waals surface area (Å²) >= 11 is 0. The van der Waals surface area contributed by atoms with Gasteiger partial charge in [-0.15, -0.1) is 0 Å². The summed E-state index contributed by atoms with van der Waals surface area (Å²) in [6.07, 6.45) is 0.0278. The topological polar surface area (TPSA) is 89.9 Å². The predicted octanol–water partition coefficient (Wildman–Crippen LogP) is 0.119. The fourth-order valence-electron chi connectivity index (χ4n) is 1.92. The van der Waals surface area contributed by atoms with Gasteiger partial charge in [0.15, 0.2) is 0 Å². The van der Waals surface area contributed by atoms with Gasteiger partial charge in [0.25, 0.3) is 0 Å². The Balaban J connectivity index is 2.50. The van der Waals surface area contributed by atoms with E-state index in [2.05, 4.69) is 19.2 Å². The molecule has 1 aliphatic rings. The summed E-state index contributed by atoms with van der Waals surface area (Å²) in [7, 11) is 0. The van der Waals surface area contributed by atoms with Crippen LogP contribution >= 0.6 is 0 Å². The molecule has 3 N–H and O–H groups in total. The first kappa shape index (κ1) is 13.8. The van der Waals surface area contributed by atoms with E-state index < -0.39 is 12.0 Å². The van der Waals surface area contributed by atoms with Gasteiger partial charge in [0.2, 0.25) is 0 Å². The van der Waals surface area contributed by atoms with Gasteiger partial charge in [-0.25, -0.2) is 9.59 Å². The molecule has 0 aromatic carbocycles. The molecule has 0 spiro atoms. The van der Waals surface area contributed by atoms with Crippen molar-refractivity contribution in [2.45, 2.75) is 26.3 Å². The van der Waals surface area contributed by atoms with E-state index in [0.717, 1.165) is 0 Å². The maximum atomic E-state index is 11.8. The third-order valence-corrected chi connectivity index (χ3v) is 3.29. The number of urea groups is 1. The summed E-state index contributed by atoms with van der Waals surface area (Å²) in [4.78, 5) is 24.2. The largest absolute Gasteiger partial charge is 0.480 e. The molecule has 3 atom stereocenters. The fraction of sp³-hybridized carbons (Fsp3) is 0.818. The number of aliphatic hydroxyl groups excluding tert-OH is 1. The van der Waals surface area contributed by atoms with Crippen LogP contribution in [-0.2, 0) is 4.79 Å². The second-order valence-corrected chi connectivity index (χ2v) is 4.71. The van der Waals surface area contributed by atoms with Gasteiger partial charge < -0.3 is 20.4 Å². The van der Waals surface area contributed by atoms with Crippen LogP contribution in [0.2, 0.25) is 0 Å². The molecule has 6 nitrogen and oxygen atoms in total. The number of carbonyl (C=O) groups is 2. The number of amides is 2. The Labute approximate surface area is 101 Å². The number of hydrogen-bond donors (Lipinski definition) is 3. The maximum Gasteiger partial charge on any atom is 0.326 e. The van der Waals surface area contributed by atoms with E-state index in [-0.39, 0.29) is 19.1 Å². The molecule has 0 aromatic heterocycles. The highest BCUT2D eigenvalue weighted by Gasteiger charge is 2.31. The van der Waals surface area contributed by atoms with Crippen LogP contribution in [0.1, 0.15) is 20.3 Å². The third-order valence-electron chi connectivity index (χ3n) is 3.29. The average molecular weight is 244 g/mol. The van der Waals surface area contributed by atoms with Gasteiger partial charge in [-0.3, -0.25) is 0 Å². The van der Waals surface area contributed by atoms with Crippen molar-refractivity contribution in [3.63, 3.8) is 0 Å². The van der Waals surface area contributed by atoms with Crippen LogP contribution < -0.4 is 5.32 Å². The lowest BCUT2D eigenvalue weighted by molar-refractivity contribution is -0.139. The highest BCUT2D eigenvalue weighted by atomic mass is 16.4. The number of carboxylic acids is 1. The number of aliphatic hydroxyl groups is 1. The van der Waals surface area contributed by atoms with Gasteiger partial charge in [0.05, 0.1) is 0 Å². The van der Waals surface area contributed by atoms with E-state index in [1.807, 2.05) is 0 Å². The Morgan fingerprint density at radius 2 is 1.88 bits per heavy atom. The second kappa shape index (κ2) is 5.86. The zero-order valence-electron chi connectivity index (χ0n) is 10.2. The summed E-state index contributed by atoms with van der Waals surface area (Å²) in [5.74, 6) is -0.253. The quantitative estimate of drug-likeness (QED) is 0.655. The molecule has 1 aliphatic heterocycles. The number of rotatable bonds is 4. The third kappa shape index (κ3) is 3.59. The summed E-state index contributed by atoms with van der Waals surface area (Å²) in [5.41, 5.74) is 0. The number of hydrogen-bond acceptors (Lipinski definition) is 3. The molecule has 0 aliphatic carbocycles. The minimum Gasteiger partial charge on any atom is -0.480 e. The molecule has 2 amide bonds. The number of aliphatic carboxylic acids is 1. The average Bonchev–Trinajstić information content (AvgIpc) is 2.58. The van der Waals surface area contributed by atoms with Gasteiger partial charge in [0, 0.05) is 26.1 Å². The van der Waals surface area contributed by atoms with Crippen LogP contribution in [0.25, 0.3) is 0 Å². The molecule has 1 fully saturated rings. The number of nitrogens with one attached hydrogen (secondary N) is 1. The molecule has 1 heterocycles. The van der Waals surface area contributed by atoms with Crippen LogP contribution in [0.4, 0.5) is 4.79 Å². The maximum absolute atomic E-state index is 11.8.